The van der Waals surface area contributed by atoms with Gasteiger partial charge in [0.1, 0.15) is 11.5 Å². The fourth-order valence-corrected chi connectivity index (χ4v) is 3.95. The highest BCUT2D eigenvalue weighted by atomic mass is 16.6. The van der Waals surface area contributed by atoms with Gasteiger partial charge in [0, 0.05) is 18.4 Å². The topological polar surface area (TPSA) is 97.4 Å². The first-order valence-corrected chi connectivity index (χ1v) is 9.97. The number of ether oxygens (including phenoxy) is 5. The summed E-state index contributed by atoms with van der Waals surface area (Å²) in [7, 11) is 2.88. The van der Waals surface area contributed by atoms with Crippen LogP contribution < -0.4 is 23.7 Å². The molecule has 2 aromatic carbocycles. The zero-order valence-corrected chi connectivity index (χ0v) is 18.4. The van der Waals surface area contributed by atoms with Gasteiger partial charge < -0.3 is 23.7 Å². The van der Waals surface area contributed by atoms with Crippen molar-refractivity contribution in [1.82, 2.24) is 0 Å². The van der Waals surface area contributed by atoms with E-state index in [1.807, 2.05) is 0 Å². The fraction of sp³-hybridized carbons (Fsp3) is 0.292. The summed E-state index contributed by atoms with van der Waals surface area (Å²) < 4.78 is 27.5. The summed E-state index contributed by atoms with van der Waals surface area (Å²) in [5, 5.41) is 0. The van der Waals surface area contributed by atoms with Gasteiger partial charge in [-0.05, 0) is 49.2 Å². The third-order valence-electron chi connectivity index (χ3n) is 5.34. The predicted molar refractivity (Wildman–Crippen MR) is 113 cm³/mol. The number of allylic oxidation sites excluding steroid dienone is 2. The molecule has 2 aliphatic rings. The van der Waals surface area contributed by atoms with Crippen LogP contribution in [0.3, 0.4) is 0 Å². The van der Waals surface area contributed by atoms with Crippen molar-refractivity contribution in [1.29, 1.82) is 0 Å². The van der Waals surface area contributed by atoms with E-state index in [0.717, 1.165) is 5.57 Å². The lowest BCUT2D eigenvalue weighted by molar-refractivity contribution is -0.135. The van der Waals surface area contributed by atoms with E-state index >= 15 is 0 Å². The minimum absolute atomic E-state index is 0.0182. The van der Waals surface area contributed by atoms with E-state index in [9.17, 15) is 14.4 Å². The van der Waals surface area contributed by atoms with Crippen LogP contribution in [0.25, 0.3) is 0 Å². The molecule has 1 atom stereocenters. The Bertz CT molecular complexity index is 1160. The molecule has 0 bridgehead atoms. The number of benzene rings is 2. The van der Waals surface area contributed by atoms with Gasteiger partial charge in [-0.15, -0.1) is 0 Å². The average Bonchev–Trinajstić information content (AvgIpc) is 3.09. The second-order valence-corrected chi connectivity index (χ2v) is 7.69. The highest BCUT2D eigenvalue weighted by Gasteiger charge is 2.39. The molecule has 2 aromatic rings. The van der Waals surface area contributed by atoms with Gasteiger partial charge in [-0.2, -0.15) is 0 Å². The summed E-state index contributed by atoms with van der Waals surface area (Å²) in [6.07, 6.45) is 0.0182. The molecule has 0 saturated heterocycles. The van der Waals surface area contributed by atoms with Crippen LogP contribution in [-0.4, -0.2) is 31.9 Å². The SMILES string of the molecule is COc1cc([C@H]2CC(=O)Oc3ccc4c(c32)OC(=C(C)C)C4=O)cc(OC)c1OC(C)=O. The van der Waals surface area contributed by atoms with Crippen LogP contribution in [0.1, 0.15) is 54.6 Å². The van der Waals surface area contributed by atoms with Gasteiger partial charge in [0.15, 0.2) is 17.3 Å². The first-order valence-electron chi connectivity index (χ1n) is 9.97. The van der Waals surface area contributed by atoms with Crippen LogP contribution in [0, 0.1) is 0 Å². The first kappa shape index (κ1) is 21.4. The van der Waals surface area contributed by atoms with Gasteiger partial charge in [-0.25, -0.2) is 0 Å². The summed E-state index contributed by atoms with van der Waals surface area (Å²) in [6.45, 7) is 4.87. The Morgan fingerprint density at radius 2 is 1.66 bits per heavy atom. The van der Waals surface area contributed by atoms with Crippen molar-refractivity contribution in [2.75, 3.05) is 14.2 Å². The molecule has 0 unspecified atom stereocenters. The maximum atomic E-state index is 12.8. The monoisotopic (exact) mass is 438 g/mol. The normalized spacial score (nSPS) is 16.5. The van der Waals surface area contributed by atoms with Crippen molar-refractivity contribution < 1.29 is 38.1 Å². The van der Waals surface area contributed by atoms with Gasteiger partial charge in [0.2, 0.25) is 11.5 Å². The lowest BCUT2D eigenvalue weighted by Crippen LogP contribution is -2.22. The quantitative estimate of drug-likeness (QED) is 0.402. The summed E-state index contributed by atoms with van der Waals surface area (Å²) >= 11 is 0. The molecule has 0 spiro atoms. The number of Topliss-reactive ketones (excluding diaryl/α,β-unsaturated/α-hetero) is 1. The third kappa shape index (κ3) is 3.47. The van der Waals surface area contributed by atoms with Crippen molar-refractivity contribution in [3.05, 3.63) is 52.3 Å². The highest BCUT2D eigenvalue weighted by Crippen LogP contribution is 2.51. The molecule has 0 amide bonds. The number of hydrogen-bond donors (Lipinski definition) is 0. The summed E-state index contributed by atoms with van der Waals surface area (Å²) in [5.41, 5.74) is 2.41. The molecule has 0 fully saturated rings. The number of carbonyl (C=O) groups excluding carboxylic acids is 3. The molecule has 0 N–H and O–H groups in total. The van der Waals surface area contributed by atoms with Gasteiger partial charge in [0.05, 0.1) is 26.2 Å². The summed E-state index contributed by atoms with van der Waals surface area (Å²) in [4.78, 5) is 36.7. The van der Waals surface area contributed by atoms with E-state index in [1.54, 1.807) is 38.1 Å². The van der Waals surface area contributed by atoms with Crippen LogP contribution in [-0.2, 0) is 9.59 Å². The zero-order valence-electron chi connectivity index (χ0n) is 18.4. The van der Waals surface area contributed by atoms with Crippen molar-refractivity contribution in [2.24, 2.45) is 0 Å². The van der Waals surface area contributed by atoms with Crippen LogP contribution >= 0.6 is 0 Å². The Hall–Kier alpha value is -3.81. The number of ketones is 1. The van der Waals surface area contributed by atoms with Gasteiger partial charge in [0.25, 0.3) is 0 Å². The molecule has 2 aliphatic heterocycles. The highest BCUT2D eigenvalue weighted by molar-refractivity contribution is 6.13. The third-order valence-corrected chi connectivity index (χ3v) is 5.34. The maximum absolute atomic E-state index is 12.8. The second-order valence-electron chi connectivity index (χ2n) is 7.69. The first-order chi connectivity index (χ1) is 15.2. The molecule has 8 nitrogen and oxygen atoms in total. The molecule has 0 saturated carbocycles. The largest absolute Gasteiger partial charge is 0.493 e. The fourth-order valence-electron chi connectivity index (χ4n) is 3.95. The summed E-state index contributed by atoms with van der Waals surface area (Å²) in [5.74, 6) is -0.00680. The Morgan fingerprint density at radius 3 is 2.22 bits per heavy atom. The molecule has 0 radical (unpaired) electrons. The molecule has 4 rings (SSSR count). The Labute approximate surface area is 184 Å². The number of carbonyl (C=O) groups is 3. The van der Waals surface area contributed by atoms with Crippen molar-refractivity contribution in [2.45, 2.75) is 33.1 Å². The van der Waals surface area contributed by atoms with Crippen LogP contribution in [0.15, 0.2) is 35.6 Å². The molecule has 32 heavy (non-hydrogen) atoms. The molecular formula is C24H22O8. The molecule has 2 heterocycles. The Morgan fingerprint density at radius 1 is 1.00 bits per heavy atom. The van der Waals surface area contributed by atoms with E-state index in [0.29, 0.717) is 28.2 Å². The van der Waals surface area contributed by atoms with E-state index < -0.39 is 17.9 Å². The lowest BCUT2D eigenvalue weighted by atomic mass is 9.84. The van der Waals surface area contributed by atoms with Gasteiger partial charge in [-0.1, -0.05) is 0 Å². The van der Waals surface area contributed by atoms with Gasteiger partial charge in [-0.3, -0.25) is 14.4 Å². The number of esters is 2. The van der Waals surface area contributed by atoms with Crippen LogP contribution in [0.2, 0.25) is 0 Å². The average molecular weight is 438 g/mol. The number of rotatable bonds is 4. The number of hydrogen-bond acceptors (Lipinski definition) is 8. The molecular weight excluding hydrogens is 416 g/mol. The van der Waals surface area contributed by atoms with E-state index in [2.05, 4.69) is 0 Å². The standard InChI is InChI=1S/C24H22O8/c1-11(2)22-21(27)14-6-7-16-20(23(14)32-22)15(10-19(26)31-16)13-8-17(28-4)24(30-12(3)25)18(9-13)29-5/h6-9,15H,10H2,1-5H3/t15-/m1/s1. The Kier molecular flexibility index (Phi) is 5.38. The molecule has 8 heteroatoms. The minimum Gasteiger partial charge on any atom is -0.493 e. The second kappa shape index (κ2) is 8.03. The van der Waals surface area contributed by atoms with E-state index in [4.69, 9.17) is 23.7 Å². The van der Waals surface area contributed by atoms with Crippen molar-refractivity contribution >= 4 is 17.7 Å². The van der Waals surface area contributed by atoms with E-state index in [-0.39, 0.29) is 35.2 Å². The van der Waals surface area contributed by atoms with Crippen molar-refractivity contribution in [3.63, 3.8) is 0 Å². The predicted octanol–water partition coefficient (Wildman–Crippen LogP) is 3.94. The molecule has 0 aromatic heterocycles. The zero-order chi connectivity index (χ0) is 23.2. The molecule has 0 aliphatic carbocycles. The number of methoxy groups -OCH3 is 2. The smallest absolute Gasteiger partial charge is 0.312 e. The number of fused-ring (bicyclic) bond motifs is 3. The van der Waals surface area contributed by atoms with Crippen LogP contribution in [0.5, 0.6) is 28.7 Å². The van der Waals surface area contributed by atoms with Gasteiger partial charge >= 0.3 is 11.9 Å². The van der Waals surface area contributed by atoms with Crippen molar-refractivity contribution in [3.8, 4) is 28.7 Å². The Balaban J connectivity index is 1.91. The van der Waals surface area contributed by atoms with Crippen LogP contribution in [0.4, 0.5) is 0 Å². The lowest BCUT2D eigenvalue weighted by Gasteiger charge is -2.27. The van der Waals surface area contributed by atoms with E-state index in [1.165, 1.54) is 21.1 Å². The summed E-state index contributed by atoms with van der Waals surface area (Å²) in [6, 6.07) is 6.56. The minimum atomic E-state index is -0.528. The maximum Gasteiger partial charge on any atom is 0.312 e. The molecule has 166 valence electrons.